The van der Waals surface area contributed by atoms with E-state index in [0.29, 0.717) is 17.7 Å². The van der Waals surface area contributed by atoms with Gasteiger partial charge in [-0.1, -0.05) is 12.5 Å². The highest BCUT2D eigenvalue weighted by atomic mass is 16.2. The second-order valence-corrected chi connectivity index (χ2v) is 5.84. The lowest BCUT2D eigenvalue weighted by molar-refractivity contribution is -0.117. The quantitative estimate of drug-likeness (QED) is 0.603. The molecule has 1 aromatic rings. The number of benzene rings is 1. The van der Waals surface area contributed by atoms with E-state index in [1.807, 2.05) is 0 Å². The van der Waals surface area contributed by atoms with E-state index < -0.39 is 11.8 Å². The Kier molecular flexibility index (Phi) is 5.70. The smallest absolute Gasteiger partial charge is 0.251 e. The number of nitrogens with one attached hydrogen (secondary N) is 2. The lowest BCUT2D eigenvalue weighted by Crippen LogP contribution is -2.33. The standard InChI is InChI=1S/C16H22N4O3/c17-13-6-2-3-10(13)8-15(22)20-12-5-1-4-11(7-12)16(23)19-9-14(18)21/h1,4-5,7,10,13H,2-3,6,8-9,17H2,(H2,18,21)(H,19,23)(H,20,22)/t10-,13+/m0/s1. The first-order chi connectivity index (χ1) is 11.0. The van der Waals surface area contributed by atoms with Gasteiger partial charge in [-0.15, -0.1) is 0 Å². The van der Waals surface area contributed by atoms with Crippen LogP contribution in [0.4, 0.5) is 5.69 Å². The summed E-state index contributed by atoms with van der Waals surface area (Å²) in [5.41, 5.74) is 11.8. The molecule has 124 valence electrons. The van der Waals surface area contributed by atoms with E-state index in [4.69, 9.17) is 11.5 Å². The number of rotatable bonds is 6. The zero-order valence-electron chi connectivity index (χ0n) is 12.9. The van der Waals surface area contributed by atoms with Gasteiger partial charge < -0.3 is 22.1 Å². The third-order valence-corrected chi connectivity index (χ3v) is 4.00. The summed E-state index contributed by atoms with van der Waals surface area (Å²) in [5, 5.41) is 5.18. The van der Waals surface area contributed by atoms with Crippen LogP contribution in [0.1, 0.15) is 36.0 Å². The minimum atomic E-state index is -0.615. The average Bonchev–Trinajstić information content (AvgIpc) is 2.90. The summed E-state index contributed by atoms with van der Waals surface area (Å²) in [7, 11) is 0. The molecule has 0 aromatic heterocycles. The van der Waals surface area contributed by atoms with Gasteiger partial charge in [0.1, 0.15) is 0 Å². The van der Waals surface area contributed by atoms with Gasteiger partial charge >= 0.3 is 0 Å². The van der Waals surface area contributed by atoms with Crippen LogP contribution >= 0.6 is 0 Å². The minimum absolute atomic E-state index is 0.0895. The van der Waals surface area contributed by atoms with Crippen molar-refractivity contribution in [2.45, 2.75) is 31.7 Å². The molecule has 1 aliphatic rings. The third-order valence-electron chi connectivity index (χ3n) is 4.00. The Morgan fingerprint density at radius 3 is 2.65 bits per heavy atom. The number of primary amides is 1. The molecule has 0 radical (unpaired) electrons. The number of amides is 3. The Labute approximate surface area is 134 Å². The molecule has 6 N–H and O–H groups in total. The predicted molar refractivity (Wildman–Crippen MR) is 86.5 cm³/mol. The van der Waals surface area contributed by atoms with Crippen molar-refractivity contribution in [1.82, 2.24) is 5.32 Å². The van der Waals surface area contributed by atoms with Crippen LogP contribution < -0.4 is 22.1 Å². The molecule has 1 saturated carbocycles. The molecular formula is C16H22N4O3. The van der Waals surface area contributed by atoms with Crippen molar-refractivity contribution in [2.24, 2.45) is 17.4 Å². The maximum atomic E-state index is 12.1. The molecule has 0 saturated heterocycles. The van der Waals surface area contributed by atoms with Crippen molar-refractivity contribution < 1.29 is 14.4 Å². The summed E-state index contributed by atoms with van der Waals surface area (Å²) in [6, 6.07) is 6.61. The van der Waals surface area contributed by atoms with Crippen molar-refractivity contribution >= 4 is 23.4 Å². The van der Waals surface area contributed by atoms with E-state index in [-0.39, 0.29) is 24.4 Å². The highest BCUT2D eigenvalue weighted by Gasteiger charge is 2.26. The Morgan fingerprint density at radius 2 is 2.00 bits per heavy atom. The van der Waals surface area contributed by atoms with E-state index in [0.717, 1.165) is 19.3 Å². The molecule has 1 aliphatic carbocycles. The molecule has 7 nitrogen and oxygen atoms in total. The second kappa shape index (κ2) is 7.73. The van der Waals surface area contributed by atoms with Gasteiger partial charge in [0.15, 0.2) is 0 Å². The van der Waals surface area contributed by atoms with Crippen molar-refractivity contribution in [3.63, 3.8) is 0 Å². The Morgan fingerprint density at radius 1 is 1.22 bits per heavy atom. The van der Waals surface area contributed by atoms with Crippen molar-refractivity contribution in [3.05, 3.63) is 29.8 Å². The number of hydrogen-bond donors (Lipinski definition) is 4. The van der Waals surface area contributed by atoms with Crippen LogP contribution in [0.3, 0.4) is 0 Å². The normalized spacial score (nSPS) is 20.0. The molecular weight excluding hydrogens is 296 g/mol. The van der Waals surface area contributed by atoms with E-state index in [1.165, 1.54) is 0 Å². The van der Waals surface area contributed by atoms with Gasteiger partial charge in [-0.25, -0.2) is 0 Å². The Hall–Kier alpha value is -2.41. The maximum Gasteiger partial charge on any atom is 0.251 e. The fourth-order valence-electron chi connectivity index (χ4n) is 2.78. The van der Waals surface area contributed by atoms with Crippen molar-refractivity contribution in [1.29, 1.82) is 0 Å². The number of anilines is 1. The molecule has 3 amide bonds. The lowest BCUT2D eigenvalue weighted by atomic mass is 10.00. The van der Waals surface area contributed by atoms with Crippen LogP contribution in [-0.2, 0) is 9.59 Å². The molecule has 1 fully saturated rings. The van der Waals surface area contributed by atoms with Gasteiger partial charge in [-0.2, -0.15) is 0 Å². The molecule has 1 aromatic carbocycles. The van der Waals surface area contributed by atoms with E-state index in [9.17, 15) is 14.4 Å². The molecule has 0 unspecified atom stereocenters. The highest BCUT2D eigenvalue weighted by molar-refractivity contribution is 5.98. The van der Waals surface area contributed by atoms with Gasteiger partial charge in [0.05, 0.1) is 6.54 Å². The Bertz CT molecular complexity index is 603. The lowest BCUT2D eigenvalue weighted by Gasteiger charge is -2.15. The number of nitrogens with two attached hydrogens (primary N) is 2. The summed E-state index contributed by atoms with van der Waals surface area (Å²) in [6.45, 7) is -0.227. The molecule has 0 spiro atoms. The first-order valence-corrected chi connectivity index (χ1v) is 7.67. The first kappa shape index (κ1) is 17.0. The van der Waals surface area contributed by atoms with E-state index in [2.05, 4.69) is 10.6 Å². The van der Waals surface area contributed by atoms with Crippen LogP contribution in [0, 0.1) is 5.92 Å². The summed E-state index contributed by atoms with van der Waals surface area (Å²) in [4.78, 5) is 34.6. The number of carbonyl (C=O) groups is 3. The first-order valence-electron chi connectivity index (χ1n) is 7.67. The number of hydrogen-bond acceptors (Lipinski definition) is 4. The zero-order chi connectivity index (χ0) is 16.8. The van der Waals surface area contributed by atoms with Gasteiger partial charge in [-0.05, 0) is 37.0 Å². The summed E-state index contributed by atoms with van der Waals surface area (Å²) < 4.78 is 0. The zero-order valence-corrected chi connectivity index (χ0v) is 12.9. The minimum Gasteiger partial charge on any atom is -0.368 e. The topological polar surface area (TPSA) is 127 Å². The van der Waals surface area contributed by atoms with Crippen LogP contribution in [0.5, 0.6) is 0 Å². The summed E-state index contributed by atoms with van der Waals surface area (Å²) in [5.74, 6) is -0.924. The maximum absolute atomic E-state index is 12.1. The van der Waals surface area contributed by atoms with Gasteiger partial charge in [0.25, 0.3) is 5.91 Å². The average molecular weight is 318 g/mol. The van der Waals surface area contributed by atoms with Gasteiger partial charge in [-0.3, -0.25) is 14.4 Å². The molecule has 0 bridgehead atoms. The summed E-state index contributed by atoms with van der Waals surface area (Å²) in [6.07, 6.45) is 3.39. The molecule has 0 aliphatic heterocycles. The largest absolute Gasteiger partial charge is 0.368 e. The van der Waals surface area contributed by atoms with Gasteiger partial charge in [0, 0.05) is 23.7 Å². The van der Waals surface area contributed by atoms with Crippen LogP contribution in [0.2, 0.25) is 0 Å². The predicted octanol–water partition coefficient (Wildman–Crippen LogP) is 0.358. The second-order valence-electron chi connectivity index (χ2n) is 5.84. The van der Waals surface area contributed by atoms with Crippen molar-refractivity contribution in [2.75, 3.05) is 11.9 Å². The molecule has 2 atom stereocenters. The molecule has 7 heteroatoms. The highest BCUT2D eigenvalue weighted by Crippen LogP contribution is 2.27. The van der Waals surface area contributed by atoms with Crippen LogP contribution in [-0.4, -0.2) is 30.3 Å². The third kappa shape index (κ3) is 5.07. The fraction of sp³-hybridized carbons (Fsp3) is 0.438. The number of carbonyl (C=O) groups excluding carboxylic acids is 3. The van der Waals surface area contributed by atoms with Crippen molar-refractivity contribution in [3.8, 4) is 0 Å². The van der Waals surface area contributed by atoms with Crippen LogP contribution in [0.25, 0.3) is 0 Å². The Balaban J connectivity index is 1.92. The van der Waals surface area contributed by atoms with Crippen LogP contribution in [0.15, 0.2) is 24.3 Å². The summed E-state index contributed by atoms with van der Waals surface area (Å²) >= 11 is 0. The SMILES string of the molecule is NC(=O)CNC(=O)c1cccc(NC(=O)C[C@@H]2CCC[C@H]2N)c1. The monoisotopic (exact) mass is 318 g/mol. The molecule has 23 heavy (non-hydrogen) atoms. The fourth-order valence-corrected chi connectivity index (χ4v) is 2.78. The molecule has 0 heterocycles. The molecule has 2 rings (SSSR count). The van der Waals surface area contributed by atoms with E-state index in [1.54, 1.807) is 24.3 Å². The van der Waals surface area contributed by atoms with Gasteiger partial charge in [0.2, 0.25) is 11.8 Å². The van der Waals surface area contributed by atoms with E-state index >= 15 is 0 Å².